The van der Waals surface area contributed by atoms with Crippen LogP contribution in [0.1, 0.15) is 233 Å². The van der Waals surface area contributed by atoms with Gasteiger partial charge >= 0.3 is 5.97 Å². The minimum atomic E-state index is -0.0972. The lowest BCUT2D eigenvalue weighted by Crippen LogP contribution is -2.29. The van der Waals surface area contributed by atoms with Gasteiger partial charge in [-0.3, -0.25) is 9.59 Å². The van der Waals surface area contributed by atoms with Crippen LogP contribution >= 0.6 is 0 Å². The van der Waals surface area contributed by atoms with Gasteiger partial charge in [-0.15, -0.1) is 0 Å². The van der Waals surface area contributed by atoms with Crippen LogP contribution in [0.5, 0.6) is 0 Å². The molecule has 0 aromatic carbocycles. The van der Waals surface area contributed by atoms with Crippen LogP contribution in [0.3, 0.4) is 0 Å². The molecule has 0 amide bonds. The Morgan fingerprint density at radius 2 is 0.942 bits per heavy atom. The highest BCUT2D eigenvalue weighted by Crippen LogP contribution is 2.24. The lowest BCUT2D eigenvalue weighted by molar-refractivity contribution is -0.147. The summed E-state index contributed by atoms with van der Waals surface area (Å²) in [6.45, 7) is 10.2. The molecule has 0 aromatic heterocycles. The summed E-state index contributed by atoms with van der Waals surface area (Å²) in [6, 6.07) is 0. The summed E-state index contributed by atoms with van der Waals surface area (Å²) < 4.78 is 11.0. The highest BCUT2D eigenvalue weighted by molar-refractivity contribution is 5.78. The molecule has 0 rings (SSSR count). The quantitative estimate of drug-likeness (QED) is 0.0496. The van der Waals surface area contributed by atoms with Gasteiger partial charge in [-0.1, -0.05) is 181 Å². The molecular weight excluding hydrogens is 647 g/mol. The molecule has 6 heteroatoms. The van der Waals surface area contributed by atoms with Gasteiger partial charge in [0.15, 0.2) is 0 Å². The third kappa shape index (κ3) is 36.0. The molecule has 6 nitrogen and oxygen atoms in total. The summed E-state index contributed by atoms with van der Waals surface area (Å²) in [6.07, 6.45) is 39.0. The van der Waals surface area contributed by atoms with Gasteiger partial charge in [0.2, 0.25) is 0 Å². The average Bonchev–Trinajstić information content (AvgIpc) is 3.14. The van der Waals surface area contributed by atoms with Crippen LogP contribution in [-0.4, -0.2) is 67.8 Å². The van der Waals surface area contributed by atoms with Crippen molar-refractivity contribution in [2.24, 2.45) is 5.92 Å². The van der Waals surface area contributed by atoms with E-state index in [0.717, 1.165) is 96.7 Å². The van der Waals surface area contributed by atoms with Crippen molar-refractivity contribution >= 4 is 11.8 Å². The first-order chi connectivity index (χ1) is 25.5. The highest BCUT2D eigenvalue weighted by atomic mass is 16.6. The molecule has 0 spiro atoms. The van der Waals surface area contributed by atoms with Crippen LogP contribution < -0.4 is 0 Å². The zero-order chi connectivity index (χ0) is 38.2. The summed E-state index contributed by atoms with van der Waals surface area (Å²) >= 11 is 0. The van der Waals surface area contributed by atoms with Gasteiger partial charge in [0.05, 0.1) is 12.7 Å². The molecule has 0 saturated carbocycles. The number of aliphatic hydroxyl groups is 1. The molecule has 0 heterocycles. The topological polar surface area (TPSA) is 76.1 Å². The molecule has 0 fully saturated rings. The summed E-state index contributed by atoms with van der Waals surface area (Å²) in [4.78, 5) is 27.5. The number of carbonyl (C=O) groups excluding carboxylic acids is 2. The SMILES string of the molecule is CCCCCCCCC(CCCCCCCC)CC(=O)CCCCCCCN(CCO)CCCCCCCC(=O)OCC(CCCCCCC)OC. The average molecular weight is 738 g/mol. The molecule has 0 aliphatic rings. The van der Waals surface area contributed by atoms with Crippen LogP contribution in [0, 0.1) is 5.92 Å². The second-order valence-electron chi connectivity index (χ2n) is 16.1. The van der Waals surface area contributed by atoms with Crippen molar-refractivity contribution in [3.8, 4) is 0 Å². The monoisotopic (exact) mass is 738 g/mol. The molecule has 0 radical (unpaired) electrons. The molecule has 1 N–H and O–H groups in total. The van der Waals surface area contributed by atoms with Crippen molar-refractivity contribution in [1.82, 2.24) is 4.90 Å². The van der Waals surface area contributed by atoms with Gasteiger partial charge < -0.3 is 19.5 Å². The molecule has 0 aliphatic heterocycles. The lowest BCUT2D eigenvalue weighted by atomic mass is 9.89. The third-order valence-corrected chi connectivity index (χ3v) is 11.0. The van der Waals surface area contributed by atoms with Gasteiger partial charge in [0, 0.05) is 32.9 Å². The van der Waals surface area contributed by atoms with Crippen LogP contribution in [0.25, 0.3) is 0 Å². The second kappa shape index (κ2) is 41.2. The Kier molecular flexibility index (Phi) is 40.4. The number of hydrogen-bond donors (Lipinski definition) is 1. The molecular formula is C46H91NO5. The number of nitrogens with zero attached hydrogens (tertiary/aromatic N) is 1. The molecule has 52 heavy (non-hydrogen) atoms. The highest BCUT2D eigenvalue weighted by Gasteiger charge is 2.14. The van der Waals surface area contributed by atoms with Gasteiger partial charge in [0.25, 0.3) is 0 Å². The maximum atomic E-state index is 12.9. The number of carbonyl (C=O) groups is 2. The summed E-state index contributed by atoms with van der Waals surface area (Å²) in [5.41, 5.74) is 0. The number of methoxy groups -OCH3 is 1. The first-order valence-corrected chi connectivity index (χ1v) is 23.0. The first-order valence-electron chi connectivity index (χ1n) is 23.0. The van der Waals surface area contributed by atoms with E-state index in [4.69, 9.17) is 9.47 Å². The smallest absolute Gasteiger partial charge is 0.305 e. The Labute approximate surface area is 324 Å². The maximum Gasteiger partial charge on any atom is 0.305 e. The number of rotatable bonds is 43. The summed E-state index contributed by atoms with van der Waals surface area (Å²) in [5.74, 6) is 1.02. The maximum absolute atomic E-state index is 12.9. The second-order valence-corrected chi connectivity index (χ2v) is 16.1. The van der Waals surface area contributed by atoms with Crippen LogP contribution in [0.4, 0.5) is 0 Å². The standard InChI is InChI=1S/C46H91NO5/c1-5-8-11-14-19-25-32-43(33-26-20-15-12-9-6-2)41-44(49)34-27-21-16-23-30-37-47(39-40-48)38-31-24-17-22-29-36-46(50)52-42-45(51-4)35-28-18-13-10-7-3/h43,45,48H,5-42H2,1-4H3. The van der Waals surface area contributed by atoms with Crippen molar-refractivity contribution in [3.63, 3.8) is 0 Å². The number of esters is 1. The minimum absolute atomic E-state index is 0.0185. The fourth-order valence-corrected chi connectivity index (χ4v) is 7.50. The van der Waals surface area contributed by atoms with E-state index < -0.39 is 0 Å². The lowest BCUT2D eigenvalue weighted by Gasteiger charge is -2.21. The minimum Gasteiger partial charge on any atom is -0.463 e. The Bertz CT molecular complexity index is 730. The predicted octanol–water partition coefficient (Wildman–Crippen LogP) is 13.0. The van der Waals surface area contributed by atoms with Crippen molar-refractivity contribution < 1.29 is 24.2 Å². The van der Waals surface area contributed by atoms with E-state index in [9.17, 15) is 14.7 Å². The summed E-state index contributed by atoms with van der Waals surface area (Å²) in [5, 5.41) is 9.57. The van der Waals surface area contributed by atoms with E-state index >= 15 is 0 Å². The molecule has 1 atom stereocenters. The Morgan fingerprint density at radius 3 is 1.42 bits per heavy atom. The zero-order valence-corrected chi connectivity index (χ0v) is 35.6. The number of unbranched alkanes of at least 4 members (excludes halogenated alkanes) is 22. The van der Waals surface area contributed by atoms with E-state index in [1.165, 1.54) is 128 Å². The molecule has 0 saturated heterocycles. The first kappa shape index (κ1) is 51.0. The number of ketones is 1. The predicted molar refractivity (Wildman–Crippen MR) is 223 cm³/mol. The van der Waals surface area contributed by atoms with E-state index in [1.54, 1.807) is 7.11 Å². The van der Waals surface area contributed by atoms with Crippen LogP contribution in [-0.2, 0) is 19.1 Å². The molecule has 0 aromatic rings. The largest absolute Gasteiger partial charge is 0.463 e. The van der Waals surface area contributed by atoms with E-state index in [-0.39, 0.29) is 18.7 Å². The number of aliphatic hydroxyl groups excluding tert-OH is 1. The van der Waals surface area contributed by atoms with Gasteiger partial charge in [0.1, 0.15) is 12.4 Å². The van der Waals surface area contributed by atoms with Crippen molar-refractivity contribution in [3.05, 3.63) is 0 Å². The van der Waals surface area contributed by atoms with Gasteiger partial charge in [-0.25, -0.2) is 0 Å². The number of hydrogen-bond acceptors (Lipinski definition) is 6. The summed E-state index contributed by atoms with van der Waals surface area (Å²) in [7, 11) is 1.71. The number of Topliss-reactive ketones (excluding diaryl/α,β-unsaturated/α-hetero) is 1. The van der Waals surface area contributed by atoms with Crippen LogP contribution in [0.2, 0.25) is 0 Å². The van der Waals surface area contributed by atoms with E-state index in [2.05, 4.69) is 25.7 Å². The molecule has 310 valence electrons. The normalized spacial score (nSPS) is 12.3. The van der Waals surface area contributed by atoms with Crippen molar-refractivity contribution in [2.45, 2.75) is 239 Å². The third-order valence-electron chi connectivity index (χ3n) is 11.0. The molecule has 0 aliphatic carbocycles. The Balaban J connectivity index is 4.02. The fraction of sp³-hybridized carbons (Fsp3) is 0.957. The van der Waals surface area contributed by atoms with Crippen LogP contribution in [0.15, 0.2) is 0 Å². The fourth-order valence-electron chi connectivity index (χ4n) is 7.50. The van der Waals surface area contributed by atoms with Gasteiger partial charge in [-0.2, -0.15) is 0 Å². The van der Waals surface area contributed by atoms with Crippen molar-refractivity contribution in [2.75, 3.05) is 40.0 Å². The van der Waals surface area contributed by atoms with E-state index in [1.807, 2.05) is 0 Å². The zero-order valence-electron chi connectivity index (χ0n) is 35.6. The van der Waals surface area contributed by atoms with E-state index in [0.29, 0.717) is 24.7 Å². The van der Waals surface area contributed by atoms with Gasteiger partial charge in [-0.05, 0) is 51.1 Å². The van der Waals surface area contributed by atoms with Crippen molar-refractivity contribution in [1.29, 1.82) is 0 Å². The Morgan fingerprint density at radius 1 is 0.519 bits per heavy atom. The number of ether oxygens (including phenoxy) is 2. The molecule has 0 bridgehead atoms. The molecule has 1 unspecified atom stereocenters. The Hall–Kier alpha value is -0.980.